The van der Waals surface area contributed by atoms with Crippen LogP contribution in [0.4, 0.5) is 0 Å². The number of hydrogen-bond acceptors (Lipinski definition) is 5. The van der Waals surface area contributed by atoms with Crippen LogP contribution in [-0.4, -0.2) is 22.5 Å². The number of ether oxygens (including phenoxy) is 1. The second kappa shape index (κ2) is 10.1. The normalized spacial score (nSPS) is 10.5. The highest BCUT2D eigenvalue weighted by Crippen LogP contribution is 2.15. The lowest BCUT2D eigenvalue weighted by Gasteiger charge is -2.12. The minimum absolute atomic E-state index is 0.264. The molecule has 0 radical (unpaired) electrons. The Kier molecular flexibility index (Phi) is 7.80. The zero-order chi connectivity index (χ0) is 18.9. The molecule has 0 saturated carbocycles. The minimum atomic E-state index is -0.264. The number of nitrogens with zero attached hydrogens (tertiary/aromatic N) is 1. The number of amides is 1. The molecule has 0 atom stereocenters. The fourth-order valence-electron chi connectivity index (χ4n) is 2.04. The number of thiazole rings is 1. The van der Waals surface area contributed by atoms with E-state index in [1.807, 2.05) is 12.3 Å². The van der Waals surface area contributed by atoms with Gasteiger partial charge in [-0.1, -0.05) is 13.8 Å². The summed E-state index contributed by atoms with van der Waals surface area (Å²) in [6.07, 6.45) is 1.01. The maximum Gasteiger partial charge on any atom is 0.269 e. The van der Waals surface area contributed by atoms with Crippen LogP contribution in [0.25, 0.3) is 0 Å². The number of rotatable bonds is 7. The van der Waals surface area contributed by atoms with E-state index in [-0.39, 0.29) is 5.91 Å². The van der Waals surface area contributed by atoms with E-state index < -0.39 is 0 Å². The number of hydrogen-bond donors (Lipinski definition) is 3. The summed E-state index contributed by atoms with van der Waals surface area (Å²) in [5.41, 5.74) is 6.69. The minimum Gasteiger partial charge on any atom is -0.487 e. The summed E-state index contributed by atoms with van der Waals surface area (Å²) in [6, 6.07) is 6.92. The highest BCUT2D eigenvalue weighted by molar-refractivity contribution is 7.80. The van der Waals surface area contributed by atoms with Gasteiger partial charge in [0.2, 0.25) is 0 Å². The Labute approximate surface area is 163 Å². The van der Waals surface area contributed by atoms with Crippen LogP contribution in [-0.2, 0) is 6.61 Å². The van der Waals surface area contributed by atoms with E-state index in [4.69, 9.17) is 17.0 Å². The first-order chi connectivity index (χ1) is 12.4. The van der Waals surface area contributed by atoms with Crippen molar-refractivity contribution in [3.63, 3.8) is 0 Å². The van der Waals surface area contributed by atoms with Crippen LogP contribution in [0.15, 0.2) is 29.6 Å². The number of thiocarbonyl (C=S) groups is 1. The summed E-state index contributed by atoms with van der Waals surface area (Å²) in [7, 11) is 0. The van der Waals surface area contributed by atoms with E-state index in [1.165, 1.54) is 0 Å². The summed E-state index contributed by atoms with van der Waals surface area (Å²) in [4.78, 5) is 16.5. The van der Waals surface area contributed by atoms with Crippen LogP contribution in [0.1, 0.15) is 41.3 Å². The van der Waals surface area contributed by atoms with E-state index in [2.05, 4.69) is 35.0 Å². The third kappa shape index (κ3) is 6.97. The fraction of sp³-hybridized carbons (Fsp3) is 0.389. The molecular weight excluding hydrogens is 368 g/mol. The van der Waals surface area contributed by atoms with Gasteiger partial charge in [-0.05, 0) is 55.7 Å². The van der Waals surface area contributed by atoms with Crippen molar-refractivity contribution < 1.29 is 9.53 Å². The number of nitrogens with one attached hydrogen (secondary N) is 3. The Balaban J connectivity index is 1.74. The first-order valence-electron chi connectivity index (χ1n) is 8.42. The number of hydrazine groups is 1. The summed E-state index contributed by atoms with van der Waals surface area (Å²) >= 11 is 6.71. The number of aryl methyl sites for hydroxylation is 1. The van der Waals surface area contributed by atoms with Gasteiger partial charge in [0.15, 0.2) is 5.11 Å². The second-order valence-corrected chi connectivity index (χ2v) is 7.66. The van der Waals surface area contributed by atoms with Crippen LogP contribution in [0, 0.1) is 12.8 Å². The van der Waals surface area contributed by atoms with Gasteiger partial charge in [-0.25, -0.2) is 4.98 Å². The highest BCUT2D eigenvalue weighted by Gasteiger charge is 2.07. The molecule has 0 aliphatic rings. The molecule has 8 heteroatoms. The van der Waals surface area contributed by atoms with Crippen molar-refractivity contribution in [3.8, 4) is 5.75 Å². The monoisotopic (exact) mass is 392 g/mol. The van der Waals surface area contributed by atoms with Crippen LogP contribution in [0.3, 0.4) is 0 Å². The predicted molar refractivity (Wildman–Crippen MR) is 108 cm³/mol. The van der Waals surface area contributed by atoms with Crippen molar-refractivity contribution >= 4 is 34.6 Å². The van der Waals surface area contributed by atoms with Crippen molar-refractivity contribution in [2.45, 2.75) is 33.8 Å². The predicted octanol–water partition coefficient (Wildman–Crippen LogP) is 3.19. The molecule has 6 nitrogen and oxygen atoms in total. The lowest BCUT2D eigenvalue weighted by Crippen LogP contribution is -2.47. The van der Waals surface area contributed by atoms with Crippen molar-refractivity contribution in [1.82, 2.24) is 21.2 Å². The fourth-order valence-corrected chi connectivity index (χ4v) is 2.79. The molecule has 2 aromatic rings. The Morgan fingerprint density at radius 1 is 1.27 bits per heavy atom. The van der Waals surface area contributed by atoms with Gasteiger partial charge in [0, 0.05) is 17.5 Å². The zero-order valence-corrected chi connectivity index (χ0v) is 16.8. The topological polar surface area (TPSA) is 75.3 Å². The van der Waals surface area contributed by atoms with Gasteiger partial charge < -0.3 is 10.1 Å². The van der Waals surface area contributed by atoms with Crippen molar-refractivity contribution in [2.75, 3.05) is 6.54 Å². The van der Waals surface area contributed by atoms with Crippen molar-refractivity contribution in [2.24, 2.45) is 5.92 Å². The van der Waals surface area contributed by atoms with Crippen molar-refractivity contribution in [3.05, 3.63) is 45.9 Å². The Morgan fingerprint density at radius 2 is 2.00 bits per heavy atom. The quantitative estimate of drug-likeness (QED) is 0.496. The van der Waals surface area contributed by atoms with Gasteiger partial charge in [-0.15, -0.1) is 11.3 Å². The molecule has 0 aliphatic heterocycles. The summed E-state index contributed by atoms with van der Waals surface area (Å²) < 4.78 is 5.67. The number of aromatic nitrogens is 1. The van der Waals surface area contributed by atoms with Gasteiger partial charge >= 0.3 is 0 Å². The Hall–Kier alpha value is -2.19. The van der Waals surface area contributed by atoms with Crippen LogP contribution in [0.5, 0.6) is 5.75 Å². The second-order valence-electron chi connectivity index (χ2n) is 6.19. The third-order valence-corrected chi connectivity index (χ3v) is 4.54. The maximum absolute atomic E-state index is 12.1. The third-order valence-electron chi connectivity index (χ3n) is 3.47. The summed E-state index contributed by atoms with van der Waals surface area (Å²) in [5, 5.41) is 6.43. The molecule has 26 heavy (non-hydrogen) atoms. The van der Waals surface area contributed by atoms with E-state index in [0.717, 1.165) is 23.7 Å². The molecule has 3 N–H and O–H groups in total. The van der Waals surface area contributed by atoms with Gasteiger partial charge in [-0.2, -0.15) is 0 Å². The van der Waals surface area contributed by atoms with Gasteiger partial charge in [0.05, 0.1) is 10.7 Å². The first kappa shape index (κ1) is 20.1. The van der Waals surface area contributed by atoms with Crippen LogP contribution in [0.2, 0.25) is 0 Å². The lowest BCUT2D eigenvalue weighted by atomic mass is 10.1. The van der Waals surface area contributed by atoms with E-state index in [1.54, 1.807) is 35.6 Å². The lowest BCUT2D eigenvalue weighted by molar-refractivity contribution is 0.0943. The molecule has 140 valence electrons. The molecule has 0 spiro atoms. The summed E-state index contributed by atoms with van der Waals surface area (Å²) in [5.74, 6) is 1.02. The Bertz CT molecular complexity index is 729. The number of benzene rings is 1. The largest absolute Gasteiger partial charge is 0.487 e. The average Bonchev–Trinajstić information content (AvgIpc) is 3.03. The Morgan fingerprint density at radius 3 is 2.62 bits per heavy atom. The molecule has 2 rings (SSSR count). The number of carbonyl (C=O) groups excluding carboxylic acids is 1. The van der Waals surface area contributed by atoms with Gasteiger partial charge in [0.1, 0.15) is 12.4 Å². The number of carbonyl (C=O) groups is 1. The van der Waals surface area contributed by atoms with Gasteiger partial charge in [0.25, 0.3) is 5.91 Å². The first-order valence-corrected chi connectivity index (χ1v) is 9.71. The summed E-state index contributed by atoms with van der Waals surface area (Å²) in [6.45, 7) is 7.43. The van der Waals surface area contributed by atoms with Gasteiger partial charge in [-0.3, -0.25) is 15.6 Å². The maximum atomic E-state index is 12.1. The zero-order valence-electron chi connectivity index (χ0n) is 15.2. The van der Waals surface area contributed by atoms with Crippen molar-refractivity contribution in [1.29, 1.82) is 0 Å². The van der Waals surface area contributed by atoms with E-state index >= 15 is 0 Å². The van der Waals surface area contributed by atoms with E-state index in [0.29, 0.717) is 29.0 Å². The molecular formula is C18H24N4O2S2. The molecule has 1 aromatic heterocycles. The SMILES string of the molecule is Cc1nc(COc2ccc(C(=O)NNC(=S)NCCC(C)C)cc2)cs1. The highest BCUT2D eigenvalue weighted by atomic mass is 32.1. The van der Waals surface area contributed by atoms with E-state index in [9.17, 15) is 4.79 Å². The smallest absolute Gasteiger partial charge is 0.269 e. The molecule has 0 fully saturated rings. The molecule has 0 unspecified atom stereocenters. The van der Waals surface area contributed by atoms with Crippen LogP contribution < -0.4 is 20.9 Å². The molecule has 0 saturated heterocycles. The molecule has 1 heterocycles. The molecule has 0 bridgehead atoms. The van der Waals surface area contributed by atoms with Crippen LogP contribution >= 0.6 is 23.6 Å². The molecule has 0 aliphatic carbocycles. The molecule has 1 aromatic carbocycles. The molecule has 1 amide bonds. The average molecular weight is 393 g/mol. The standard InChI is InChI=1S/C18H24N4O2S2/c1-12(2)8-9-19-18(25)22-21-17(23)14-4-6-16(7-5-14)24-10-15-11-26-13(3)20-15/h4-7,11-12H,8-10H2,1-3H3,(H,21,23)(H2,19,22,25).